The van der Waals surface area contributed by atoms with E-state index >= 15 is 0 Å². The molecule has 0 atom stereocenters. The van der Waals surface area contributed by atoms with Gasteiger partial charge in [-0.2, -0.15) is 13.2 Å². The van der Waals surface area contributed by atoms with E-state index in [4.69, 9.17) is 14.2 Å². The molecule has 0 aliphatic heterocycles. The van der Waals surface area contributed by atoms with Crippen LogP contribution in [-0.2, 0) is 10.9 Å². The number of anilines is 1. The van der Waals surface area contributed by atoms with E-state index < -0.39 is 23.5 Å². The first-order valence-corrected chi connectivity index (χ1v) is 7.74. The Hall–Kier alpha value is -2.81. The number of hydrogen-bond donors (Lipinski definition) is 1. The minimum Gasteiger partial charge on any atom is -0.496 e. The SMILES string of the molecule is COCCOc1ccc(C(F)(F)F)cc1NC(=O)c1cc(F)ccc1OC. The minimum atomic E-state index is -4.61. The van der Waals surface area contributed by atoms with Crippen LogP contribution in [0.25, 0.3) is 0 Å². The maximum atomic E-state index is 13.5. The molecule has 2 aromatic carbocycles. The molecule has 0 aliphatic rings. The molecular formula is C18H17F4NO4. The van der Waals surface area contributed by atoms with Crippen LogP contribution in [0.5, 0.6) is 11.5 Å². The Morgan fingerprint density at radius 1 is 1.04 bits per heavy atom. The third kappa shape index (κ3) is 5.33. The van der Waals surface area contributed by atoms with Gasteiger partial charge in [-0.25, -0.2) is 4.39 Å². The lowest BCUT2D eigenvalue weighted by molar-refractivity contribution is -0.137. The number of methoxy groups -OCH3 is 2. The standard InChI is InChI=1S/C18H17F4NO4/c1-25-7-8-27-16-5-3-11(18(20,21)22)9-14(16)23-17(24)13-10-12(19)4-6-15(13)26-2/h3-6,9-10H,7-8H2,1-2H3,(H,23,24). The zero-order chi connectivity index (χ0) is 20.0. The van der Waals surface area contributed by atoms with Crippen LogP contribution in [0.1, 0.15) is 15.9 Å². The number of carbonyl (C=O) groups excluding carboxylic acids is 1. The lowest BCUT2D eigenvalue weighted by atomic mass is 10.1. The topological polar surface area (TPSA) is 56.8 Å². The van der Waals surface area contributed by atoms with Gasteiger partial charge in [-0.3, -0.25) is 4.79 Å². The molecule has 0 fully saturated rings. The summed E-state index contributed by atoms with van der Waals surface area (Å²) >= 11 is 0. The summed E-state index contributed by atoms with van der Waals surface area (Å²) in [5.41, 5.74) is -1.35. The summed E-state index contributed by atoms with van der Waals surface area (Å²) in [5.74, 6) is -1.45. The lowest BCUT2D eigenvalue weighted by Crippen LogP contribution is -2.16. The van der Waals surface area contributed by atoms with E-state index in [1.165, 1.54) is 20.3 Å². The first-order chi connectivity index (χ1) is 12.8. The van der Waals surface area contributed by atoms with E-state index in [-0.39, 0.29) is 36.0 Å². The third-order valence-corrected chi connectivity index (χ3v) is 3.51. The molecule has 27 heavy (non-hydrogen) atoms. The third-order valence-electron chi connectivity index (χ3n) is 3.51. The highest BCUT2D eigenvalue weighted by atomic mass is 19.4. The number of alkyl halides is 3. The van der Waals surface area contributed by atoms with Gasteiger partial charge in [0.2, 0.25) is 0 Å². The number of halogens is 4. The molecule has 5 nitrogen and oxygen atoms in total. The highest BCUT2D eigenvalue weighted by molar-refractivity contribution is 6.07. The Morgan fingerprint density at radius 3 is 2.37 bits per heavy atom. The van der Waals surface area contributed by atoms with Crippen LogP contribution in [-0.4, -0.2) is 33.3 Å². The van der Waals surface area contributed by atoms with Crippen molar-refractivity contribution in [1.82, 2.24) is 0 Å². The molecule has 1 N–H and O–H groups in total. The fraction of sp³-hybridized carbons (Fsp3) is 0.278. The summed E-state index contributed by atoms with van der Waals surface area (Å²) in [5, 5.41) is 2.32. The second-order valence-electron chi connectivity index (χ2n) is 5.35. The molecule has 0 saturated heterocycles. The smallest absolute Gasteiger partial charge is 0.416 e. The van der Waals surface area contributed by atoms with Crippen LogP contribution in [0, 0.1) is 5.82 Å². The van der Waals surface area contributed by atoms with E-state index in [0.717, 1.165) is 30.3 Å². The molecule has 0 aliphatic carbocycles. The van der Waals surface area contributed by atoms with E-state index in [0.29, 0.717) is 0 Å². The molecule has 0 radical (unpaired) electrons. The van der Waals surface area contributed by atoms with Gasteiger partial charge in [0.25, 0.3) is 5.91 Å². The van der Waals surface area contributed by atoms with Crippen LogP contribution < -0.4 is 14.8 Å². The number of ether oxygens (including phenoxy) is 3. The summed E-state index contributed by atoms with van der Waals surface area (Å²) in [6.45, 7) is 0.264. The lowest BCUT2D eigenvalue weighted by Gasteiger charge is -2.16. The van der Waals surface area contributed by atoms with E-state index in [9.17, 15) is 22.4 Å². The van der Waals surface area contributed by atoms with Crippen molar-refractivity contribution in [3.63, 3.8) is 0 Å². The number of hydrogen-bond acceptors (Lipinski definition) is 4. The van der Waals surface area contributed by atoms with E-state index in [2.05, 4.69) is 5.32 Å². The Kier molecular flexibility index (Phi) is 6.62. The van der Waals surface area contributed by atoms with Gasteiger partial charge < -0.3 is 19.5 Å². The normalized spacial score (nSPS) is 11.2. The van der Waals surface area contributed by atoms with Crippen LogP contribution in [0.4, 0.5) is 23.2 Å². The predicted octanol–water partition coefficient (Wildman–Crippen LogP) is 4.13. The fourth-order valence-electron chi connectivity index (χ4n) is 2.21. The summed E-state index contributed by atoms with van der Waals surface area (Å²) < 4.78 is 67.6. The molecule has 0 saturated carbocycles. The molecular weight excluding hydrogens is 370 g/mol. The average Bonchev–Trinajstić information content (AvgIpc) is 2.62. The largest absolute Gasteiger partial charge is 0.496 e. The predicted molar refractivity (Wildman–Crippen MR) is 89.7 cm³/mol. The van der Waals surface area contributed by atoms with Crippen molar-refractivity contribution in [1.29, 1.82) is 0 Å². The number of amides is 1. The summed E-state index contributed by atoms with van der Waals surface area (Å²) in [7, 11) is 2.72. The molecule has 0 spiro atoms. The molecule has 0 unspecified atom stereocenters. The number of carbonyl (C=O) groups is 1. The first-order valence-electron chi connectivity index (χ1n) is 7.74. The van der Waals surface area contributed by atoms with Crippen LogP contribution >= 0.6 is 0 Å². The van der Waals surface area contributed by atoms with Crippen molar-refractivity contribution in [2.24, 2.45) is 0 Å². The highest BCUT2D eigenvalue weighted by Crippen LogP contribution is 2.35. The van der Waals surface area contributed by atoms with Crippen molar-refractivity contribution in [2.75, 3.05) is 32.8 Å². The maximum Gasteiger partial charge on any atom is 0.416 e. The minimum absolute atomic E-state index is 0.0174. The summed E-state index contributed by atoms with van der Waals surface area (Å²) in [4.78, 5) is 12.5. The Morgan fingerprint density at radius 2 is 1.74 bits per heavy atom. The van der Waals surface area contributed by atoms with Gasteiger partial charge >= 0.3 is 6.18 Å². The van der Waals surface area contributed by atoms with Crippen molar-refractivity contribution in [3.8, 4) is 11.5 Å². The van der Waals surface area contributed by atoms with Crippen LogP contribution in [0.15, 0.2) is 36.4 Å². The molecule has 9 heteroatoms. The Balaban J connectivity index is 2.36. The van der Waals surface area contributed by atoms with Gasteiger partial charge in [-0.1, -0.05) is 0 Å². The first kappa shape index (κ1) is 20.5. The van der Waals surface area contributed by atoms with Gasteiger partial charge in [-0.05, 0) is 36.4 Å². The number of nitrogens with one attached hydrogen (secondary N) is 1. The fourth-order valence-corrected chi connectivity index (χ4v) is 2.21. The van der Waals surface area contributed by atoms with Crippen LogP contribution in [0.2, 0.25) is 0 Å². The van der Waals surface area contributed by atoms with Gasteiger partial charge in [0.05, 0.1) is 30.5 Å². The zero-order valence-corrected chi connectivity index (χ0v) is 14.5. The zero-order valence-electron chi connectivity index (χ0n) is 14.5. The number of benzene rings is 2. The summed E-state index contributed by atoms with van der Waals surface area (Å²) in [6, 6.07) is 5.93. The van der Waals surface area contributed by atoms with Crippen molar-refractivity contribution >= 4 is 11.6 Å². The Bertz CT molecular complexity index is 808. The second kappa shape index (κ2) is 8.72. The van der Waals surface area contributed by atoms with Crippen molar-refractivity contribution in [3.05, 3.63) is 53.3 Å². The van der Waals surface area contributed by atoms with Crippen LogP contribution in [0.3, 0.4) is 0 Å². The maximum absolute atomic E-state index is 13.5. The average molecular weight is 387 g/mol. The monoisotopic (exact) mass is 387 g/mol. The summed E-state index contributed by atoms with van der Waals surface area (Å²) in [6.07, 6.45) is -4.61. The van der Waals surface area contributed by atoms with Gasteiger partial charge in [0, 0.05) is 7.11 Å². The van der Waals surface area contributed by atoms with Gasteiger partial charge in [0.1, 0.15) is 23.9 Å². The molecule has 2 rings (SSSR count). The highest BCUT2D eigenvalue weighted by Gasteiger charge is 2.31. The second-order valence-corrected chi connectivity index (χ2v) is 5.35. The molecule has 2 aromatic rings. The molecule has 0 heterocycles. The molecule has 1 amide bonds. The quantitative estimate of drug-likeness (QED) is 0.573. The molecule has 0 aromatic heterocycles. The van der Waals surface area contributed by atoms with E-state index in [1.807, 2.05) is 0 Å². The molecule has 146 valence electrons. The van der Waals surface area contributed by atoms with E-state index in [1.54, 1.807) is 0 Å². The van der Waals surface area contributed by atoms with Gasteiger partial charge in [-0.15, -0.1) is 0 Å². The van der Waals surface area contributed by atoms with Crippen molar-refractivity contribution in [2.45, 2.75) is 6.18 Å². The van der Waals surface area contributed by atoms with Gasteiger partial charge in [0.15, 0.2) is 0 Å². The van der Waals surface area contributed by atoms with Crippen molar-refractivity contribution < 1.29 is 36.6 Å². The molecule has 0 bridgehead atoms. The number of rotatable bonds is 7. The Labute approximate surface area is 152 Å².